The number of halogens is 2. The van der Waals surface area contributed by atoms with Crippen LogP contribution in [-0.2, 0) is 17.8 Å². The van der Waals surface area contributed by atoms with Gasteiger partial charge >= 0.3 is 0 Å². The van der Waals surface area contributed by atoms with E-state index in [1.807, 2.05) is 12.1 Å². The van der Waals surface area contributed by atoms with Gasteiger partial charge in [0.25, 0.3) is 0 Å². The summed E-state index contributed by atoms with van der Waals surface area (Å²) in [4.78, 5) is 0. The Morgan fingerprint density at radius 3 is 2.67 bits per heavy atom. The van der Waals surface area contributed by atoms with E-state index in [2.05, 4.69) is 5.10 Å². The van der Waals surface area contributed by atoms with Crippen molar-refractivity contribution < 1.29 is 4.74 Å². The predicted molar refractivity (Wildman–Crippen MR) is 71.4 cm³/mol. The normalized spacial score (nSPS) is 14.6. The van der Waals surface area contributed by atoms with E-state index >= 15 is 0 Å². The van der Waals surface area contributed by atoms with E-state index in [-0.39, 0.29) is 0 Å². The van der Waals surface area contributed by atoms with Gasteiger partial charge in [-0.05, 0) is 18.2 Å². The average Bonchev–Trinajstić information content (AvgIpc) is 2.66. The molecule has 0 saturated carbocycles. The van der Waals surface area contributed by atoms with Gasteiger partial charge in [0, 0.05) is 22.0 Å². The summed E-state index contributed by atoms with van der Waals surface area (Å²) in [5.41, 5.74) is 8.74. The third kappa shape index (κ3) is 1.96. The quantitative estimate of drug-likeness (QED) is 0.876. The third-order valence-electron chi connectivity index (χ3n) is 2.94. The molecular weight excluding hydrogens is 273 g/mol. The van der Waals surface area contributed by atoms with E-state index in [0.29, 0.717) is 29.1 Å². The van der Waals surface area contributed by atoms with Gasteiger partial charge in [-0.1, -0.05) is 23.2 Å². The van der Waals surface area contributed by atoms with Gasteiger partial charge in [0.15, 0.2) is 5.82 Å². The van der Waals surface area contributed by atoms with Crippen LogP contribution in [0.5, 0.6) is 0 Å². The summed E-state index contributed by atoms with van der Waals surface area (Å²) < 4.78 is 7.18. The van der Waals surface area contributed by atoms with Crippen molar-refractivity contribution in [2.45, 2.75) is 13.0 Å². The first-order chi connectivity index (χ1) is 8.65. The molecule has 1 aliphatic rings. The lowest BCUT2D eigenvalue weighted by atomic mass is 10.1. The number of nitrogen functional groups attached to an aromatic ring is 1. The molecule has 0 spiro atoms. The molecule has 0 radical (unpaired) electrons. The number of aromatic nitrogens is 2. The Kier molecular flexibility index (Phi) is 2.93. The standard InChI is InChI=1S/C12H11Cl2N3O/c13-7-3-8(14)5-9(4-7)17-11-1-2-18-6-10(11)12(15)16-17/h3-5H,1-2,6H2,(H2,15,16). The van der Waals surface area contributed by atoms with Crippen LogP contribution in [0.15, 0.2) is 18.2 Å². The van der Waals surface area contributed by atoms with Crippen LogP contribution in [0.3, 0.4) is 0 Å². The Bertz CT molecular complexity index is 589. The Labute approximate surface area is 114 Å². The number of nitrogens with zero attached hydrogens (tertiary/aromatic N) is 2. The summed E-state index contributed by atoms with van der Waals surface area (Å²) in [6.45, 7) is 1.18. The first-order valence-corrected chi connectivity index (χ1v) is 6.31. The van der Waals surface area contributed by atoms with Gasteiger partial charge in [0.2, 0.25) is 0 Å². The molecule has 1 aliphatic heterocycles. The highest BCUT2D eigenvalue weighted by Gasteiger charge is 2.20. The first kappa shape index (κ1) is 11.8. The molecule has 94 valence electrons. The minimum absolute atomic E-state index is 0.501. The van der Waals surface area contributed by atoms with Crippen LogP contribution in [0.2, 0.25) is 10.0 Å². The molecule has 0 bridgehead atoms. The van der Waals surface area contributed by atoms with E-state index in [1.54, 1.807) is 10.7 Å². The molecule has 3 rings (SSSR count). The van der Waals surface area contributed by atoms with E-state index in [0.717, 1.165) is 23.4 Å². The van der Waals surface area contributed by atoms with E-state index in [4.69, 9.17) is 33.7 Å². The van der Waals surface area contributed by atoms with Crippen LogP contribution < -0.4 is 5.73 Å². The predicted octanol–water partition coefficient (Wildman–Crippen LogP) is 2.83. The number of hydrogen-bond donors (Lipinski definition) is 1. The third-order valence-corrected chi connectivity index (χ3v) is 3.38. The monoisotopic (exact) mass is 283 g/mol. The zero-order valence-electron chi connectivity index (χ0n) is 9.49. The maximum absolute atomic E-state index is 6.01. The number of rotatable bonds is 1. The topological polar surface area (TPSA) is 53.1 Å². The van der Waals surface area contributed by atoms with Gasteiger partial charge in [-0.25, -0.2) is 4.68 Å². The number of benzene rings is 1. The summed E-state index contributed by atoms with van der Waals surface area (Å²) in [6.07, 6.45) is 0.781. The molecule has 4 nitrogen and oxygen atoms in total. The molecular formula is C12H11Cl2N3O. The first-order valence-electron chi connectivity index (χ1n) is 5.55. The summed E-state index contributed by atoms with van der Waals surface area (Å²) in [5.74, 6) is 0.501. The van der Waals surface area contributed by atoms with E-state index in [1.165, 1.54) is 0 Å². The highest BCUT2D eigenvalue weighted by atomic mass is 35.5. The van der Waals surface area contributed by atoms with Gasteiger partial charge in [-0.2, -0.15) is 5.10 Å². The van der Waals surface area contributed by atoms with Crippen molar-refractivity contribution in [3.63, 3.8) is 0 Å². The van der Waals surface area contributed by atoms with Crippen molar-refractivity contribution in [2.75, 3.05) is 12.3 Å². The summed E-state index contributed by atoms with van der Waals surface area (Å²) in [6, 6.07) is 5.32. The highest BCUT2D eigenvalue weighted by Crippen LogP contribution is 2.28. The van der Waals surface area contributed by atoms with Crippen molar-refractivity contribution in [3.05, 3.63) is 39.5 Å². The lowest BCUT2D eigenvalue weighted by molar-refractivity contribution is 0.110. The summed E-state index contributed by atoms with van der Waals surface area (Å²) >= 11 is 12.0. The second kappa shape index (κ2) is 4.46. The van der Waals surface area contributed by atoms with Crippen molar-refractivity contribution in [1.82, 2.24) is 9.78 Å². The maximum atomic E-state index is 6.01. The van der Waals surface area contributed by atoms with Gasteiger partial charge in [0.05, 0.1) is 24.6 Å². The number of hydrogen-bond acceptors (Lipinski definition) is 3. The maximum Gasteiger partial charge on any atom is 0.151 e. The smallest absolute Gasteiger partial charge is 0.151 e. The van der Waals surface area contributed by atoms with Gasteiger partial charge in [0.1, 0.15) is 0 Å². The molecule has 2 N–H and O–H groups in total. The molecule has 0 amide bonds. The van der Waals surface area contributed by atoms with Gasteiger partial charge in [-0.15, -0.1) is 0 Å². The van der Waals surface area contributed by atoms with E-state index < -0.39 is 0 Å². The van der Waals surface area contributed by atoms with E-state index in [9.17, 15) is 0 Å². The number of nitrogens with two attached hydrogens (primary N) is 1. The number of anilines is 1. The van der Waals surface area contributed by atoms with Crippen LogP contribution >= 0.6 is 23.2 Å². The second-order valence-electron chi connectivity index (χ2n) is 4.15. The summed E-state index contributed by atoms with van der Waals surface area (Å²) in [5, 5.41) is 5.49. The zero-order chi connectivity index (χ0) is 12.7. The largest absolute Gasteiger partial charge is 0.382 e. The van der Waals surface area contributed by atoms with Crippen LogP contribution in [0.1, 0.15) is 11.3 Å². The van der Waals surface area contributed by atoms with Crippen LogP contribution in [0, 0.1) is 0 Å². The minimum atomic E-state index is 0.501. The molecule has 2 aromatic rings. The zero-order valence-corrected chi connectivity index (χ0v) is 11.0. The Morgan fingerprint density at radius 2 is 1.94 bits per heavy atom. The summed E-state index contributed by atoms with van der Waals surface area (Å²) in [7, 11) is 0. The molecule has 0 unspecified atom stereocenters. The van der Waals surface area contributed by atoms with Crippen molar-refractivity contribution >= 4 is 29.0 Å². The molecule has 0 saturated heterocycles. The molecule has 2 heterocycles. The Balaban J connectivity index is 2.17. The fourth-order valence-corrected chi connectivity index (χ4v) is 2.65. The van der Waals surface area contributed by atoms with Gasteiger partial charge < -0.3 is 10.5 Å². The molecule has 0 aliphatic carbocycles. The lowest BCUT2D eigenvalue weighted by Gasteiger charge is -2.14. The molecule has 0 fully saturated rings. The lowest BCUT2D eigenvalue weighted by Crippen LogP contribution is -2.13. The molecule has 1 aromatic heterocycles. The molecule has 0 atom stereocenters. The average molecular weight is 284 g/mol. The Morgan fingerprint density at radius 1 is 1.22 bits per heavy atom. The Hall–Kier alpha value is -1.23. The van der Waals surface area contributed by atoms with Crippen LogP contribution in [0.25, 0.3) is 5.69 Å². The number of ether oxygens (including phenoxy) is 1. The molecule has 1 aromatic carbocycles. The molecule has 6 heteroatoms. The van der Waals surface area contributed by atoms with Crippen LogP contribution in [0.4, 0.5) is 5.82 Å². The SMILES string of the molecule is Nc1nn(-c2cc(Cl)cc(Cl)c2)c2c1COCC2. The second-order valence-corrected chi connectivity index (χ2v) is 5.03. The highest BCUT2D eigenvalue weighted by molar-refractivity contribution is 6.34. The molecule has 18 heavy (non-hydrogen) atoms. The minimum Gasteiger partial charge on any atom is -0.382 e. The van der Waals surface area contributed by atoms with Crippen LogP contribution in [-0.4, -0.2) is 16.4 Å². The van der Waals surface area contributed by atoms with Crippen molar-refractivity contribution in [2.24, 2.45) is 0 Å². The van der Waals surface area contributed by atoms with Crippen molar-refractivity contribution in [3.8, 4) is 5.69 Å². The number of fused-ring (bicyclic) bond motifs is 1. The fourth-order valence-electron chi connectivity index (χ4n) is 2.14. The van der Waals surface area contributed by atoms with Crippen molar-refractivity contribution in [1.29, 1.82) is 0 Å². The fraction of sp³-hybridized carbons (Fsp3) is 0.250. The van der Waals surface area contributed by atoms with Gasteiger partial charge in [-0.3, -0.25) is 0 Å².